The molecule has 0 aliphatic heterocycles. The van der Waals surface area contributed by atoms with Crippen LogP contribution < -0.4 is 4.74 Å². The van der Waals surface area contributed by atoms with E-state index in [1.54, 1.807) is 18.4 Å². The van der Waals surface area contributed by atoms with Crippen LogP contribution in [0.25, 0.3) is 0 Å². The second kappa shape index (κ2) is 2.51. The number of rotatable bonds is 1. The molecular weight excluding hydrogens is 188 g/mol. The predicted octanol–water partition coefficient (Wildman–Crippen LogP) is 2.32. The molecule has 1 aromatic heterocycles. The van der Waals surface area contributed by atoms with Gasteiger partial charge in [-0.2, -0.15) is 0 Å². The van der Waals surface area contributed by atoms with E-state index in [4.69, 9.17) is 4.74 Å². The minimum Gasteiger partial charge on any atom is -0.494 e. The molecule has 43 valence electrons. The summed E-state index contributed by atoms with van der Waals surface area (Å²) in [6.45, 7) is 0. The largest absolute Gasteiger partial charge is 0.494 e. The van der Waals surface area contributed by atoms with Crippen LogP contribution in [0.4, 0.5) is 0 Å². The van der Waals surface area contributed by atoms with Crippen molar-refractivity contribution in [1.29, 1.82) is 0 Å². The van der Waals surface area contributed by atoms with Gasteiger partial charge in [-0.3, -0.25) is 0 Å². The first-order valence-electron chi connectivity index (χ1n) is 2.03. The van der Waals surface area contributed by atoms with Crippen molar-refractivity contribution in [3.05, 3.63) is 15.2 Å². The number of thiophene rings is 1. The van der Waals surface area contributed by atoms with Gasteiger partial charge in [0.05, 0.1) is 7.11 Å². The smallest absolute Gasteiger partial charge is 0.151 e. The number of methoxy groups -OCH3 is 1. The Morgan fingerprint density at radius 3 is 2.88 bits per heavy atom. The van der Waals surface area contributed by atoms with Gasteiger partial charge >= 0.3 is 0 Å². The second-order valence-electron chi connectivity index (χ2n) is 1.19. The molecule has 0 unspecified atom stereocenters. The summed E-state index contributed by atoms with van der Waals surface area (Å²) in [5.74, 6) is 0.787. The molecule has 0 aliphatic carbocycles. The summed E-state index contributed by atoms with van der Waals surface area (Å²) in [6, 6.07) is 2.90. The fraction of sp³-hybridized carbons (Fsp3) is 0.200. The van der Waals surface area contributed by atoms with E-state index in [0.29, 0.717) is 0 Å². The van der Waals surface area contributed by atoms with E-state index in [-0.39, 0.29) is 0 Å². The highest BCUT2D eigenvalue weighted by Gasteiger charge is 1.97. The Kier molecular flexibility index (Phi) is 1.91. The molecular formula is C5H4BrOS. The topological polar surface area (TPSA) is 9.23 Å². The molecule has 1 nitrogen and oxygen atoms in total. The van der Waals surface area contributed by atoms with Crippen LogP contribution in [0.1, 0.15) is 0 Å². The van der Waals surface area contributed by atoms with E-state index < -0.39 is 0 Å². The Morgan fingerprint density at radius 2 is 2.62 bits per heavy atom. The van der Waals surface area contributed by atoms with Crippen LogP contribution in [-0.4, -0.2) is 7.11 Å². The van der Waals surface area contributed by atoms with Crippen LogP contribution >= 0.6 is 27.3 Å². The van der Waals surface area contributed by atoms with Crippen molar-refractivity contribution in [2.45, 2.75) is 0 Å². The Labute approximate surface area is 60.4 Å². The van der Waals surface area contributed by atoms with Crippen LogP contribution in [0, 0.1) is 6.07 Å². The van der Waals surface area contributed by atoms with Crippen LogP contribution in [0.2, 0.25) is 0 Å². The van der Waals surface area contributed by atoms with Crippen molar-refractivity contribution in [2.75, 3.05) is 7.11 Å². The lowest BCUT2D eigenvalue weighted by Gasteiger charge is -1.90. The average molecular weight is 192 g/mol. The van der Waals surface area contributed by atoms with E-state index in [1.807, 2.05) is 5.38 Å². The number of halogens is 1. The normalized spacial score (nSPS) is 9.25. The highest BCUT2D eigenvalue weighted by Crippen LogP contribution is 2.29. The number of hydrogen-bond donors (Lipinski definition) is 0. The van der Waals surface area contributed by atoms with Crippen molar-refractivity contribution in [1.82, 2.24) is 0 Å². The number of hydrogen-bond acceptors (Lipinski definition) is 2. The van der Waals surface area contributed by atoms with Crippen molar-refractivity contribution >= 4 is 27.3 Å². The standard InChI is InChI=1S/C5H4BrOS/c1-7-4-2-3-8-5(4)6/h3H,1H3. The molecule has 1 radical (unpaired) electrons. The lowest BCUT2D eigenvalue weighted by Crippen LogP contribution is -1.77. The first kappa shape index (κ1) is 6.11. The minimum absolute atomic E-state index is 0.787. The van der Waals surface area contributed by atoms with Gasteiger partial charge in [-0.25, -0.2) is 0 Å². The third kappa shape index (κ3) is 1.03. The maximum Gasteiger partial charge on any atom is 0.151 e. The van der Waals surface area contributed by atoms with Crippen molar-refractivity contribution in [2.24, 2.45) is 0 Å². The van der Waals surface area contributed by atoms with E-state index >= 15 is 0 Å². The fourth-order valence-electron chi connectivity index (χ4n) is 0.384. The van der Waals surface area contributed by atoms with Gasteiger partial charge in [0.2, 0.25) is 0 Å². The Bertz CT molecular complexity index is 173. The average Bonchev–Trinajstić information content (AvgIpc) is 2.14. The van der Waals surface area contributed by atoms with Crippen molar-refractivity contribution in [3.63, 3.8) is 0 Å². The van der Waals surface area contributed by atoms with Gasteiger partial charge in [0.25, 0.3) is 0 Å². The summed E-state index contributed by atoms with van der Waals surface area (Å²) < 4.78 is 5.89. The molecule has 0 saturated carbocycles. The Balaban J connectivity index is 2.92. The quantitative estimate of drug-likeness (QED) is 0.663. The molecule has 0 bridgehead atoms. The predicted molar refractivity (Wildman–Crippen MR) is 37.4 cm³/mol. The van der Waals surface area contributed by atoms with E-state index in [2.05, 4.69) is 22.0 Å². The summed E-state index contributed by atoms with van der Waals surface area (Å²) in [5, 5.41) is 1.85. The molecule has 0 N–H and O–H groups in total. The zero-order valence-electron chi connectivity index (χ0n) is 4.27. The van der Waals surface area contributed by atoms with Crippen LogP contribution in [0.3, 0.4) is 0 Å². The maximum absolute atomic E-state index is 4.89. The van der Waals surface area contributed by atoms with Gasteiger partial charge in [-0.05, 0) is 15.9 Å². The molecule has 3 heteroatoms. The molecule has 1 aromatic rings. The second-order valence-corrected chi connectivity index (χ2v) is 3.38. The molecule has 0 aromatic carbocycles. The fourth-order valence-corrected chi connectivity index (χ4v) is 1.46. The third-order valence-corrected chi connectivity index (χ3v) is 2.28. The summed E-state index contributed by atoms with van der Waals surface area (Å²) in [5.41, 5.74) is 0. The summed E-state index contributed by atoms with van der Waals surface area (Å²) in [7, 11) is 1.63. The van der Waals surface area contributed by atoms with Gasteiger partial charge < -0.3 is 4.74 Å². The zero-order chi connectivity index (χ0) is 5.98. The molecule has 0 atom stereocenters. The first-order valence-corrected chi connectivity index (χ1v) is 3.70. The Morgan fingerprint density at radius 1 is 1.88 bits per heavy atom. The highest BCUT2D eigenvalue weighted by atomic mass is 79.9. The molecule has 0 fully saturated rings. The van der Waals surface area contributed by atoms with Gasteiger partial charge in [0, 0.05) is 11.4 Å². The van der Waals surface area contributed by atoms with Gasteiger partial charge in [-0.15, -0.1) is 11.3 Å². The van der Waals surface area contributed by atoms with Gasteiger partial charge in [0.1, 0.15) is 3.79 Å². The minimum atomic E-state index is 0.787. The summed E-state index contributed by atoms with van der Waals surface area (Å²) in [4.78, 5) is 0. The maximum atomic E-state index is 4.89. The summed E-state index contributed by atoms with van der Waals surface area (Å²) in [6.07, 6.45) is 0. The van der Waals surface area contributed by atoms with Crippen LogP contribution in [0.15, 0.2) is 9.17 Å². The zero-order valence-corrected chi connectivity index (χ0v) is 6.67. The summed E-state index contributed by atoms with van der Waals surface area (Å²) >= 11 is 4.85. The highest BCUT2D eigenvalue weighted by molar-refractivity contribution is 9.11. The lowest BCUT2D eigenvalue weighted by atomic mass is 10.6. The molecule has 0 amide bonds. The van der Waals surface area contributed by atoms with Crippen LogP contribution in [-0.2, 0) is 0 Å². The third-order valence-electron chi connectivity index (χ3n) is 0.735. The van der Waals surface area contributed by atoms with E-state index in [9.17, 15) is 0 Å². The number of ether oxygens (including phenoxy) is 1. The molecule has 0 spiro atoms. The molecule has 0 aliphatic rings. The van der Waals surface area contributed by atoms with E-state index in [0.717, 1.165) is 9.54 Å². The monoisotopic (exact) mass is 191 g/mol. The SMILES string of the molecule is COc1[c]csc1Br. The molecule has 8 heavy (non-hydrogen) atoms. The van der Waals surface area contributed by atoms with Gasteiger partial charge in [-0.1, -0.05) is 0 Å². The van der Waals surface area contributed by atoms with Crippen molar-refractivity contribution < 1.29 is 4.74 Å². The lowest BCUT2D eigenvalue weighted by molar-refractivity contribution is 0.413. The molecule has 1 rings (SSSR count). The van der Waals surface area contributed by atoms with Gasteiger partial charge in [0.15, 0.2) is 5.75 Å². The first-order chi connectivity index (χ1) is 3.84. The van der Waals surface area contributed by atoms with Crippen molar-refractivity contribution in [3.8, 4) is 5.75 Å². The molecule has 1 heterocycles. The van der Waals surface area contributed by atoms with E-state index in [1.165, 1.54) is 0 Å². The Hall–Kier alpha value is -0.0200. The molecule has 0 saturated heterocycles. The van der Waals surface area contributed by atoms with Crippen LogP contribution in [0.5, 0.6) is 5.75 Å².